The maximum atomic E-state index is 11.8. The van der Waals surface area contributed by atoms with E-state index in [0.717, 1.165) is 5.52 Å². The molecule has 1 aromatic carbocycles. The normalized spacial score (nSPS) is 11.7. The SMILES string of the molecule is COC(=O)c1cc(OC(C)(C)C)c2nc(CCl)n(C)c2c1. The molecule has 0 saturated carbocycles. The van der Waals surface area contributed by atoms with E-state index in [-0.39, 0.29) is 5.88 Å². The second-order valence-electron chi connectivity index (χ2n) is 5.77. The van der Waals surface area contributed by atoms with Gasteiger partial charge in [-0.2, -0.15) is 0 Å². The van der Waals surface area contributed by atoms with Gasteiger partial charge in [0.2, 0.25) is 0 Å². The summed E-state index contributed by atoms with van der Waals surface area (Å²) >= 11 is 5.90. The molecule has 2 aromatic rings. The molecule has 0 aliphatic heterocycles. The van der Waals surface area contributed by atoms with Crippen LogP contribution in [0.15, 0.2) is 12.1 Å². The molecule has 0 bridgehead atoms. The number of nitrogens with zero attached hydrogens (tertiary/aromatic N) is 2. The number of esters is 1. The Bertz CT molecular complexity index is 686. The van der Waals surface area contributed by atoms with E-state index in [1.807, 2.05) is 32.4 Å². The van der Waals surface area contributed by atoms with Crippen LogP contribution in [0.4, 0.5) is 0 Å². The van der Waals surface area contributed by atoms with Crippen LogP contribution in [0, 0.1) is 0 Å². The number of fused-ring (bicyclic) bond motifs is 1. The number of rotatable bonds is 3. The zero-order chi connectivity index (χ0) is 15.8. The molecule has 1 aromatic heterocycles. The highest BCUT2D eigenvalue weighted by Gasteiger charge is 2.20. The predicted molar refractivity (Wildman–Crippen MR) is 82.0 cm³/mol. The summed E-state index contributed by atoms with van der Waals surface area (Å²) in [6.07, 6.45) is 0. The lowest BCUT2D eigenvalue weighted by Gasteiger charge is -2.21. The standard InChI is InChI=1S/C15H19ClN2O3/c1-15(2,3)21-11-7-9(14(19)20-5)6-10-13(11)17-12(8-16)18(10)4/h6-7H,8H2,1-5H3. The first-order chi connectivity index (χ1) is 9.76. The number of halogens is 1. The fraction of sp³-hybridized carbons (Fsp3) is 0.467. The van der Waals surface area contributed by atoms with Gasteiger partial charge in [0.1, 0.15) is 22.7 Å². The Morgan fingerprint density at radius 1 is 1.38 bits per heavy atom. The van der Waals surface area contributed by atoms with Crippen molar-refractivity contribution in [3.63, 3.8) is 0 Å². The number of benzene rings is 1. The Morgan fingerprint density at radius 2 is 2.05 bits per heavy atom. The van der Waals surface area contributed by atoms with E-state index < -0.39 is 11.6 Å². The van der Waals surface area contributed by atoms with E-state index >= 15 is 0 Å². The summed E-state index contributed by atoms with van der Waals surface area (Å²) in [5, 5.41) is 0. The quantitative estimate of drug-likeness (QED) is 0.645. The molecular formula is C15H19ClN2O3. The topological polar surface area (TPSA) is 53.4 Å². The van der Waals surface area contributed by atoms with Crippen molar-refractivity contribution < 1.29 is 14.3 Å². The van der Waals surface area contributed by atoms with Crippen LogP contribution in [0.2, 0.25) is 0 Å². The minimum atomic E-state index is -0.413. The Balaban J connectivity index is 2.70. The zero-order valence-electron chi connectivity index (χ0n) is 12.9. The number of hydrogen-bond donors (Lipinski definition) is 0. The van der Waals surface area contributed by atoms with Crippen LogP contribution in [-0.4, -0.2) is 28.2 Å². The van der Waals surface area contributed by atoms with Gasteiger partial charge in [-0.05, 0) is 32.9 Å². The summed E-state index contributed by atoms with van der Waals surface area (Å²) in [6.45, 7) is 5.82. The summed E-state index contributed by atoms with van der Waals surface area (Å²) in [7, 11) is 3.21. The van der Waals surface area contributed by atoms with Crippen molar-refractivity contribution in [2.24, 2.45) is 7.05 Å². The number of carbonyl (C=O) groups excluding carboxylic acids is 1. The number of carbonyl (C=O) groups is 1. The predicted octanol–water partition coefficient (Wildman–Crippen LogP) is 3.28. The number of methoxy groups -OCH3 is 1. The highest BCUT2D eigenvalue weighted by Crippen LogP contribution is 2.31. The molecule has 6 heteroatoms. The van der Waals surface area contributed by atoms with Crippen LogP contribution in [0.3, 0.4) is 0 Å². The van der Waals surface area contributed by atoms with Gasteiger partial charge >= 0.3 is 5.97 Å². The van der Waals surface area contributed by atoms with Crippen molar-refractivity contribution in [1.29, 1.82) is 0 Å². The van der Waals surface area contributed by atoms with Gasteiger partial charge in [-0.3, -0.25) is 0 Å². The van der Waals surface area contributed by atoms with Gasteiger partial charge in [0.05, 0.1) is 24.1 Å². The maximum absolute atomic E-state index is 11.8. The lowest BCUT2D eigenvalue weighted by atomic mass is 10.1. The highest BCUT2D eigenvalue weighted by molar-refractivity contribution is 6.17. The molecule has 2 rings (SSSR count). The molecule has 0 spiro atoms. The van der Waals surface area contributed by atoms with Crippen molar-refractivity contribution in [2.75, 3.05) is 7.11 Å². The Labute approximate surface area is 128 Å². The molecule has 0 fully saturated rings. The van der Waals surface area contributed by atoms with Crippen molar-refractivity contribution in [1.82, 2.24) is 9.55 Å². The number of aryl methyl sites for hydroxylation is 1. The van der Waals surface area contributed by atoms with E-state index in [4.69, 9.17) is 21.1 Å². The molecule has 0 N–H and O–H groups in total. The lowest BCUT2D eigenvalue weighted by Crippen LogP contribution is -2.23. The van der Waals surface area contributed by atoms with Gasteiger partial charge in [0.15, 0.2) is 0 Å². The number of aromatic nitrogens is 2. The first kappa shape index (κ1) is 15.6. The van der Waals surface area contributed by atoms with E-state index in [2.05, 4.69) is 4.98 Å². The second-order valence-corrected chi connectivity index (χ2v) is 6.04. The number of alkyl halides is 1. The highest BCUT2D eigenvalue weighted by atomic mass is 35.5. The first-order valence-corrected chi connectivity index (χ1v) is 7.13. The van der Waals surface area contributed by atoms with Gasteiger partial charge < -0.3 is 14.0 Å². The van der Waals surface area contributed by atoms with Crippen LogP contribution < -0.4 is 4.74 Å². The molecule has 114 valence electrons. The van der Waals surface area contributed by atoms with Gasteiger partial charge in [0, 0.05) is 7.05 Å². The van der Waals surface area contributed by atoms with E-state index in [1.54, 1.807) is 12.1 Å². The minimum absolute atomic E-state index is 0.285. The van der Waals surface area contributed by atoms with E-state index in [9.17, 15) is 4.79 Å². The Kier molecular flexibility index (Phi) is 4.14. The van der Waals surface area contributed by atoms with E-state index in [1.165, 1.54) is 7.11 Å². The summed E-state index contributed by atoms with van der Waals surface area (Å²) in [5.41, 5.74) is 1.50. The van der Waals surface area contributed by atoms with Gasteiger partial charge in [0.25, 0.3) is 0 Å². The number of hydrogen-bond acceptors (Lipinski definition) is 4. The fourth-order valence-corrected chi connectivity index (χ4v) is 2.31. The molecule has 0 atom stereocenters. The average molecular weight is 311 g/mol. The average Bonchev–Trinajstić information content (AvgIpc) is 2.73. The molecule has 0 aliphatic rings. The minimum Gasteiger partial charge on any atom is -0.486 e. The molecule has 0 aliphatic carbocycles. The lowest BCUT2D eigenvalue weighted by molar-refractivity contribution is 0.0599. The molecule has 0 unspecified atom stereocenters. The number of imidazole rings is 1. The summed E-state index contributed by atoms with van der Waals surface area (Å²) in [5.74, 6) is 1.14. The van der Waals surface area contributed by atoms with Gasteiger partial charge in [-0.15, -0.1) is 11.6 Å². The Hall–Kier alpha value is -1.75. The van der Waals surface area contributed by atoms with Crippen LogP contribution in [0.5, 0.6) is 5.75 Å². The van der Waals surface area contributed by atoms with Crippen molar-refractivity contribution in [2.45, 2.75) is 32.3 Å². The van der Waals surface area contributed by atoms with Gasteiger partial charge in [-0.25, -0.2) is 9.78 Å². The van der Waals surface area contributed by atoms with Crippen LogP contribution in [0.25, 0.3) is 11.0 Å². The molecule has 5 nitrogen and oxygen atoms in total. The molecule has 0 saturated heterocycles. The molecular weight excluding hydrogens is 292 g/mol. The third-order valence-corrected chi connectivity index (χ3v) is 3.24. The molecule has 0 amide bonds. The van der Waals surface area contributed by atoms with Crippen LogP contribution in [0.1, 0.15) is 37.0 Å². The monoisotopic (exact) mass is 310 g/mol. The summed E-state index contributed by atoms with van der Waals surface area (Å²) in [4.78, 5) is 16.3. The summed E-state index contributed by atoms with van der Waals surface area (Å²) < 4.78 is 12.6. The maximum Gasteiger partial charge on any atom is 0.338 e. The molecule has 0 radical (unpaired) electrons. The third kappa shape index (κ3) is 3.13. The van der Waals surface area contributed by atoms with Crippen LogP contribution in [-0.2, 0) is 17.7 Å². The largest absolute Gasteiger partial charge is 0.486 e. The third-order valence-electron chi connectivity index (χ3n) is 3.00. The van der Waals surface area contributed by atoms with E-state index in [0.29, 0.717) is 22.7 Å². The van der Waals surface area contributed by atoms with Crippen molar-refractivity contribution >= 4 is 28.6 Å². The molecule has 21 heavy (non-hydrogen) atoms. The first-order valence-electron chi connectivity index (χ1n) is 6.59. The molecule has 1 heterocycles. The smallest absolute Gasteiger partial charge is 0.338 e. The number of ether oxygens (including phenoxy) is 2. The van der Waals surface area contributed by atoms with Gasteiger partial charge in [-0.1, -0.05) is 0 Å². The second kappa shape index (κ2) is 5.56. The zero-order valence-corrected chi connectivity index (χ0v) is 13.6. The van der Waals surface area contributed by atoms with Crippen molar-refractivity contribution in [3.05, 3.63) is 23.5 Å². The van der Waals surface area contributed by atoms with Crippen molar-refractivity contribution in [3.8, 4) is 5.75 Å². The fourth-order valence-electron chi connectivity index (χ4n) is 2.07. The Morgan fingerprint density at radius 3 is 2.57 bits per heavy atom. The van der Waals surface area contributed by atoms with Crippen LogP contribution >= 0.6 is 11.6 Å². The summed E-state index contributed by atoms with van der Waals surface area (Å²) in [6, 6.07) is 3.39.